The average Bonchev–Trinajstić information content (AvgIpc) is 2.79. The number of nitrogens with one attached hydrogen (secondary N) is 1. The second-order valence-corrected chi connectivity index (χ2v) is 6.43. The summed E-state index contributed by atoms with van der Waals surface area (Å²) >= 11 is 0. The van der Waals surface area contributed by atoms with Crippen LogP contribution in [0.25, 0.3) is 0 Å². The Hall–Kier alpha value is -2.19. The summed E-state index contributed by atoms with van der Waals surface area (Å²) in [7, 11) is 0. The molecule has 7 nitrogen and oxygen atoms in total. The van der Waals surface area contributed by atoms with Crippen LogP contribution in [0.2, 0.25) is 0 Å². The third-order valence-electron chi connectivity index (χ3n) is 4.71. The van der Waals surface area contributed by atoms with E-state index in [4.69, 9.17) is 14.7 Å². The van der Waals surface area contributed by atoms with Gasteiger partial charge in [-0.05, 0) is 19.1 Å². The molecule has 0 bridgehead atoms. The molecule has 0 saturated carbocycles. The first-order valence-corrected chi connectivity index (χ1v) is 8.22. The number of nitrogens with zero attached hydrogens (tertiary/aromatic N) is 1. The van der Waals surface area contributed by atoms with E-state index in [0.717, 1.165) is 0 Å². The highest BCUT2D eigenvalue weighted by molar-refractivity contribution is 5.94. The second-order valence-electron chi connectivity index (χ2n) is 6.43. The minimum atomic E-state index is -1.91. The van der Waals surface area contributed by atoms with Crippen molar-refractivity contribution in [2.24, 2.45) is 0 Å². The molecular weight excluding hydrogens is 331 g/mol. The Balaban J connectivity index is 1.85. The van der Waals surface area contributed by atoms with E-state index in [9.17, 15) is 9.59 Å². The fourth-order valence-corrected chi connectivity index (χ4v) is 3.10. The number of fused-ring (bicyclic) bond motifs is 1. The molecule has 1 aromatic rings. The lowest BCUT2D eigenvalue weighted by Gasteiger charge is -2.35. The van der Waals surface area contributed by atoms with Crippen molar-refractivity contribution in [3.63, 3.8) is 0 Å². The van der Waals surface area contributed by atoms with Crippen LogP contribution in [-0.4, -0.2) is 53.5 Å². The third kappa shape index (κ3) is 3.45. The molecule has 0 unspecified atom stereocenters. The predicted octanol–water partition coefficient (Wildman–Crippen LogP) is 1.43. The first-order chi connectivity index (χ1) is 11.9. The van der Waals surface area contributed by atoms with E-state index in [1.807, 2.05) is 0 Å². The van der Waals surface area contributed by atoms with E-state index in [1.165, 1.54) is 17.0 Å². The number of carbonyl (C=O) groups is 2. The molecular formula is C17H21FN2O5. The number of rotatable bonds is 2. The summed E-state index contributed by atoms with van der Waals surface area (Å²) in [5.41, 5.74) is 0.577. The second kappa shape index (κ2) is 6.97. The predicted molar refractivity (Wildman–Crippen MR) is 85.1 cm³/mol. The van der Waals surface area contributed by atoms with Crippen molar-refractivity contribution >= 4 is 11.8 Å². The maximum atomic E-state index is 15.1. The molecule has 1 fully saturated rings. The van der Waals surface area contributed by atoms with E-state index in [1.54, 1.807) is 18.5 Å². The van der Waals surface area contributed by atoms with E-state index in [2.05, 4.69) is 0 Å². The molecule has 25 heavy (non-hydrogen) atoms. The number of carbonyl (C=O) groups excluding carboxylic acids is 2. The molecule has 1 aromatic carbocycles. The zero-order valence-corrected chi connectivity index (χ0v) is 14.0. The lowest BCUT2D eigenvalue weighted by molar-refractivity contribution is -0.153. The summed E-state index contributed by atoms with van der Waals surface area (Å²) in [6.45, 7) is 2.65. The normalized spacial score (nSPS) is 22.4. The van der Waals surface area contributed by atoms with Gasteiger partial charge in [-0.2, -0.15) is 0 Å². The van der Waals surface area contributed by atoms with Gasteiger partial charge in [-0.25, -0.2) is 9.87 Å². The maximum Gasteiger partial charge on any atom is 0.274 e. The van der Waals surface area contributed by atoms with E-state index in [0.29, 0.717) is 11.3 Å². The molecule has 3 rings (SSSR count). The lowest BCUT2D eigenvalue weighted by Crippen LogP contribution is -2.52. The molecule has 2 amide bonds. The van der Waals surface area contributed by atoms with Crippen LogP contribution in [0.4, 0.5) is 4.39 Å². The molecule has 136 valence electrons. The van der Waals surface area contributed by atoms with Crippen molar-refractivity contribution in [3.05, 3.63) is 29.3 Å². The number of hydrogen-bond donors (Lipinski definition) is 2. The summed E-state index contributed by atoms with van der Waals surface area (Å²) in [6, 6.07) is 4.35. The van der Waals surface area contributed by atoms with Crippen LogP contribution in [0.3, 0.4) is 0 Å². The fraction of sp³-hybridized carbons (Fsp3) is 0.529. The summed E-state index contributed by atoms with van der Waals surface area (Å²) < 4.78 is 25.9. The van der Waals surface area contributed by atoms with Crippen molar-refractivity contribution in [2.75, 3.05) is 19.8 Å². The van der Waals surface area contributed by atoms with Crippen molar-refractivity contribution in [1.29, 1.82) is 0 Å². The Bertz CT molecular complexity index is 675. The Kier molecular flexibility index (Phi) is 4.91. The van der Waals surface area contributed by atoms with Crippen LogP contribution < -0.4 is 10.2 Å². The van der Waals surface area contributed by atoms with E-state index < -0.39 is 17.5 Å². The lowest BCUT2D eigenvalue weighted by atomic mass is 9.94. The standard InChI is InChI=1S/C17H21FN2O5/c1-11-10-25-14-8-12(15(21)19-23)2-3-13(14)9-20(11)16(22)17(18)4-6-24-7-5-17/h2-3,8,11,23H,4-7,9-10H2,1H3,(H,19,21)/t11-/m0/s1. The molecule has 2 aliphatic heterocycles. The molecule has 2 heterocycles. The monoisotopic (exact) mass is 352 g/mol. The van der Waals surface area contributed by atoms with Crippen molar-refractivity contribution < 1.29 is 28.7 Å². The first kappa shape index (κ1) is 17.6. The van der Waals surface area contributed by atoms with Gasteiger partial charge in [0.25, 0.3) is 11.8 Å². The van der Waals surface area contributed by atoms with Crippen LogP contribution in [0.5, 0.6) is 5.75 Å². The van der Waals surface area contributed by atoms with Gasteiger partial charge >= 0.3 is 0 Å². The van der Waals surface area contributed by atoms with Gasteiger partial charge in [-0.1, -0.05) is 6.07 Å². The van der Waals surface area contributed by atoms with Gasteiger partial charge in [0.15, 0.2) is 5.67 Å². The van der Waals surface area contributed by atoms with Crippen molar-refractivity contribution in [1.82, 2.24) is 10.4 Å². The molecule has 1 atom stereocenters. The highest BCUT2D eigenvalue weighted by atomic mass is 19.1. The Labute approximate surface area is 144 Å². The highest BCUT2D eigenvalue weighted by Crippen LogP contribution is 2.32. The van der Waals surface area contributed by atoms with Crippen LogP contribution in [-0.2, 0) is 16.1 Å². The third-order valence-corrected chi connectivity index (χ3v) is 4.71. The summed E-state index contributed by atoms with van der Waals surface area (Å²) in [5, 5.41) is 8.73. The SMILES string of the molecule is C[C@H]1COc2cc(C(=O)NO)ccc2CN1C(=O)C1(F)CCOCC1. The summed E-state index contributed by atoms with van der Waals surface area (Å²) in [4.78, 5) is 25.8. The highest BCUT2D eigenvalue weighted by Gasteiger charge is 2.44. The van der Waals surface area contributed by atoms with Gasteiger partial charge in [-0.15, -0.1) is 0 Å². The van der Waals surface area contributed by atoms with Gasteiger partial charge in [0.1, 0.15) is 12.4 Å². The Morgan fingerprint density at radius 3 is 2.76 bits per heavy atom. The number of amides is 2. The van der Waals surface area contributed by atoms with Gasteiger partial charge in [0.2, 0.25) is 0 Å². The minimum Gasteiger partial charge on any atom is -0.491 e. The zero-order chi connectivity index (χ0) is 18.0. The number of alkyl halides is 1. The van der Waals surface area contributed by atoms with E-state index >= 15 is 4.39 Å². The number of halogens is 1. The molecule has 8 heteroatoms. The topological polar surface area (TPSA) is 88.1 Å². The zero-order valence-electron chi connectivity index (χ0n) is 14.0. The smallest absolute Gasteiger partial charge is 0.274 e. The Morgan fingerprint density at radius 2 is 2.08 bits per heavy atom. The number of hydrogen-bond acceptors (Lipinski definition) is 5. The summed E-state index contributed by atoms with van der Waals surface area (Å²) in [5.74, 6) is -0.749. The molecule has 2 N–H and O–H groups in total. The summed E-state index contributed by atoms with van der Waals surface area (Å²) in [6.07, 6.45) is 0.108. The van der Waals surface area contributed by atoms with Gasteiger partial charge in [0.05, 0.1) is 19.3 Å². The van der Waals surface area contributed by atoms with Gasteiger partial charge < -0.3 is 14.4 Å². The molecule has 1 saturated heterocycles. The number of ether oxygens (including phenoxy) is 2. The molecule has 0 radical (unpaired) electrons. The van der Waals surface area contributed by atoms with Crippen LogP contribution in [0.1, 0.15) is 35.7 Å². The van der Waals surface area contributed by atoms with Crippen LogP contribution in [0.15, 0.2) is 18.2 Å². The van der Waals surface area contributed by atoms with Gasteiger partial charge in [-0.3, -0.25) is 14.8 Å². The molecule has 0 aliphatic carbocycles. The molecule has 0 aromatic heterocycles. The minimum absolute atomic E-state index is 0.0539. The molecule has 2 aliphatic rings. The number of benzene rings is 1. The van der Waals surface area contributed by atoms with E-state index in [-0.39, 0.29) is 50.8 Å². The fourth-order valence-electron chi connectivity index (χ4n) is 3.10. The average molecular weight is 352 g/mol. The number of hydroxylamine groups is 1. The van der Waals surface area contributed by atoms with Crippen molar-refractivity contribution in [2.45, 2.75) is 38.0 Å². The largest absolute Gasteiger partial charge is 0.491 e. The van der Waals surface area contributed by atoms with Crippen molar-refractivity contribution in [3.8, 4) is 5.75 Å². The van der Waals surface area contributed by atoms with Gasteiger partial charge in [0, 0.05) is 30.5 Å². The molecule has 0 spiro atoms. The first-order valence-electron chi connectivity index (χ1n) is 8.22. The Morgan fingerprint density at radius 1 is 1.36 bits per heavy atom. The quantitative estimate of drug-likeness (QED) is 0.621. The van der Waals surface area contributed by atoms with Crippen LogP contribution >= 0.6 is 0 Å². The van der Waals surface area contributed by atoms with Crippen LogP contribution in [0, 0.1) is 0 Å². The maximum absolute atomic E-state index is 15.1.